The van der Waals surface area contributed by atoms with Crippen molar-refractivity contribution in [3.63, 3.8) is 0 Å². The minimum absolute atomic E-state index is 0.490. The Morgan fingerprint density at radius 2 is 1.91 bits per heavy atom. The highest BCUT2D eigenvalue weighted by Crippen LogP contribution is 2.31. The molecule has 1 aliphatic heterocycles. The first kappa shape index (κ1) is 13.8. The standard InChI is InChI=1S/C17H23N5/c1-22(13-5-4-10-18-11-13)17-16(19-12-8-9-12)20-14-6-2-3-7-15(14)21-17/h2-3,6-7,12-13,18H,4-5,8-11H2,1H3,(H,19,20). The lowest BCUT2D eigenvalue weighted by Gasteiger charge is -2.33. The van der Waals surface area contributed by atoms with Crippen LogP contribution in [0.25, 0.3) is 11.0 Å². The van der Waals surface area contributed by atoms with Crippen LogP contribution in [-0.4, -0.2) is 42.2 Å². The Bertz CT molecular complexity index is 661. The molecule has 1 saturated carbocycles. The number of fused-ring (bicyclic) bond motifs is 1. The van der Waals surface area contributed by atoms with Crippen molar-refractivity contribution in [2.24, 2.45) is 0 Å². The molecule has 4 rings (SSSR count). The fourth-order valence-corrected chi connectivity index (χ4v) is 3.09. The summed E-state index contributed by atoms with van der Waals surface area (Å²) < 4.78 is 0. The van der Waals surface area contributed by atoms with Crippen LogP contribution in [0.5, 0.6) is 0 Å². The highest BCUT2D eigenvalue weighted by Gasteiger charge is 2.27. The van der Waals surface area contributed by atoms with Gasteiger partial charge in [-0.05, 0) is 44.4 Å². The normalized spacial score (nSPS) is 21.8. The van der Waals surface area contributed by atoms with E-state index in [-0.39, 0.29) is 0 Å². The molecule has 2 fully saturated rings. The van der Waals surface area contributed by atoms with Crippen LogP contribution in [0.15, 0.2) is 24.3 Å². The Morgan fingerprint density at radius 3 is 2.59 bits per heavy atom. The van der Waals surface area contributed by atoms with E-state index in [0.717, 1.165) is 35.8 Å². The van der Waals surface area contributed by atoms with Gasteiger partial charge < -0.3 is 15.5 Å². The summed E-state index contributed by atoms with van der Waals surface area (Å²) in [5, 5.41) is 7.05. The molecule has 116 valence electrons. The van der Waals surface area contributed by atoms with Crippen LogP contribution in [0.1, 0.15) is 25.7 Å². The summed E-state index contributed by atoms with van der Waals surface area (Å²) in [6.45, 7) is 2.15. The smallest absolute Gasteiger partial charge is 0.172 e. The Kier molecular flexibility index (Phi) is 3.58. The van der Waals surface area contributed by atoms with Crippen molar-refractivity contribution in [3.05, 3.63) is 24.3 Å². The summed E-state index contributed by atoms with van der Waals surface area (Å²) in [6.07, 6.45) is 4.91. The van der Waals surface area contributed by atoms with Crippen molar-refractivity contribution in [2.45, 2.75) is 37.8 Å². The van der Waals surface area contributed by atoms with Gasteiger partial charge in [-0.1, -0.05) is 12.1 Å². The number of hydrogen-bond acceptors (Lipinski definition) is 5. The van der Waals surface area contributed by atoms with Crippen LogP contribution in [-0.2, 0) is 0 Å². The molecular weight excluding hydrogens is 274 g/mol. The van der Waals surface area contributed by atoms with Crippen LogP contribution >= 0.6 is 0 Å². The summed E-state index contributed by atoms with van der Waals surface area (Å²) in [7, 11) is 2.15. The van der Waals surface area contributed by atoms with Gasteiger partial charge in [0.2, 0.25) is 0 Å². The first-order valence-corrected chi connectivity index (χ1v) is 8.28. The van der Waals surface area contributed by atoms with E-state index in [1.165, 1.54) is 25.7 Å². The number of anilines is 2. The summed E-state index contributed by atoms with van der Waals surface area (Å²) >= 11 is 0. The predicted octanol–water partition coefficient (Wildman–Crippen LogP) is 2.39. The molecular formula is C17H23N5. The van der Waals surface area contributed by atoms with Crippen molar-refractivity contribution in [3.8, 4) is 0 Å². The Balaban J connectivity index is 1.72. The largest absolute Gasteiger partial charge is 0.364 e. The van der Waals surface area contributed by atoms with Crippen molar-refractivity contribution >= 4 is 22.7 Å². The third-order valence-electron chi connectivity index (χ3n) is 4.62. The van der Waals surface area contributed by atoms with E-state index in [1.807, 2.05) is 24.3 Å². The average Bonchev–Trinajstić information content (AvgIpc) is 3.38. The number of nitrogens with zero attached hydrogens (tertiary/aromatic N) is 3. The van der Waals surface area contributed by atoms with Gasteiger partial charge in [0, 0.05) is 25.7 Å². The molecule has 0 radical (unpaired) electrons. The number of benzene rings is 1. The second-order valence-corrected chi connectivity index (χ2v) is 6.41. The van der Waals surface area contributed by atoms with Gasteiger partial charge in [-0.2, -0.15) is 0 Å². The minimum atomic E-state index is 0.490. The number of likely N-dealkylation sites (N-methyl/N-ethyl adjacent to an activating group) is 1. The molecule has 1 aromatic heterocycles. The fourth-order valence-electron chi connectivity index (χ4n) is 3.09. The zero-order chi connectivity index (χ0) is 14.9. The van der Waals surface area contributed by atoms with Gasteiger partial charge in [-0.15, -0.1) is 0 Å². The molecule has 22 heavy (non-hydrogen) atoms. The minimum Gasteiger partial charge on any atom is -0.364 e. The first-order chi connectivity index (χ1) is 10.8. The zero-order valence-electron chi connectivity index (χ0n) is 13.0. The number of piperidine rings is 1. The molecule has 2 aliphatic rings. The molecule has 5 nitrogen and oxygen atoms in total. The second kappa shape index (κ2) is 5.72. The summed E-state index contributed by atoms with van der Waals surface area (Å²) in [5.41, 5.74) is 1.93. The van der Waals surface area contributed by atoms with Gasteiger partial charge in [0.25, 0.3) is 0 Å². The van der Waals surface area contributed by atoms with E-state index in [1.54, 1.807) is 0 Å². The molecule has 1 aliphatic carbocycles. The fraction of sp³-hybridized carbons (Fsp3) is 0.529. The Morgan fingerprint density at radius 1 is 1.14 bits per heavy atom. The summed E-state index contributed by atoms with van der Waals surface area (Å²) in [4.78, 5) is 12.0. The van der Waals surface area contributed by atoms with Gasteiger partial charge in [0.05, 0.1) is 11.0 Å². The molecule has 5 heteroatoms. The van der Waals surface area contributed by atoms with Gasteiger partial charge in [0.15, 0.2) is 11.6 Å². The monoisotopic (exact) mass is 297 g/mol. The van der Waals surface area contributed by atoms with Crippen molar-refractivity contribution in [1.82, 2.24) is 15.3 Å². The topological polar surface area (TPSA) is 53.1 Å². The third kappa shape index (κ3) is 2.73. The lowest BCUT2D eigenvalue weighted by Crippen LogP contribution is -2.44. The van der Waals surface area contributed by atoms with E-state index in [2.05, 4.69) is 22.6 Å². The quantitative estimate of drug-likeness (QED) is 0.907. The second-order valence-electron chi connectivity index (χ2n) is 6.41. The molecule has 0 amide bonds. The molecule has 2 N–H and O–H groups in total. The Hall–Kier alpha value is -1.88. The maximum Gasteiger partial charge on any atom is 0.172 e. The van der Waals surface area contributed by atoms with Crippen LogP contribution in [0.3, 0.4) is 0 Å². The van der Waals surface area contributed by atoms with Crippen LogP contribution in [0.4, 0.5) is 11.6 Å². The van der Waals surface area contributed by atoms with Crippen molar-refractivity contribution < 1.29 is 0 Å². The van der Waals surface area contributed by atoms with E-state index in [9.17, 15) is 0 Å². The number of nitrogens with one attached hydrogen (secondary N) is 2. The average molecular weight is 297 g/mol. The number of para-hydroxylation sites is 2. The number of hydrogen-bond donors (Lipinski definition) is 2. The van der Waals surface area contributed by atoms with E-state index < -0.39 is 0 Å². The highest BCUT2D eigenvalue weighted by atomic mass is 15.2. The molecule has 1 saturated heterocycles. The lowest BCUT2D eigenvalue weighted by atomic mass is 10.1. The molecule has 1 atom stereocenters. The maximum absolute atomic E-state index is 4.90. The van der Waals surface area contributed by atoms with Gasteiger partial charge in [-0.25, -0.2) is 9.97 Å². The van der Waals surface area contributed by atoms with E-state index in [0.29, 0.717) is 12.1 Å². The zero-order valence-corrected chi connectivity index (χ0v) is 13.0. The number of aromatic nitrogens is 2. The van der Waals surface area contributed by atoms with Crippen LogP contribution in [0.2, 0.25) is 0 Å². The SMILES string of the molecule is CN(c1nc2ccccc2nc1NC1CC1)C1CCCNC1. The first-order valence-electron chi connectivity index (χ1n) is 8.28. The number of rotatable bonds is 4. The molecule has 1 unspecified atom stereocenters. The lowest BCUT2D eigenvalue weighted by molar-refractivity contribution is 0.443. The maximum atomic E-state index is 4.90. The van der Waals surface area contributed by atoms with Gasteiger partial charge >= 0.3 is 0 Å². The van der Waals surface area contributed by atoms with Crippen LogP contribution in [0, 0.1) is 0 Å². The van der Waals surface area contributed by atoms with Crippen LogP contribution < -0.4 is 15.5 Å². The van der Waals surface area contributed by atoms with Gasteiger partial charge in [-0.3, -0.25) is 0 Å². The molecule has 2 heterocycles. The Labute approximate surface area is 131 Å². The molecule has 2 aromatic rings. The predicted molar refractivity (Wildman–Crippen MR) is 90.5 cm³/mol. The molecule has 1 aromatic carbocycles. The summed E-state index contributed by atoms with van der Waals surface area (Å²) in [5.74, 6) is 1.92. The summed E-state index contributed by atoms with van der Waals surface area (Å²) in [6, 6.07) is 9.19. The van der Waals surface area contributed by atoms with Crippen molar-refractivity contribution in [1.29, 1.82) is 0 Å². The van der Waals surface area contributed by atoms with Crippen molar-refractivity contribution in [2.75, 3.05) is 30.4 Å². The van der Waals surface area contributed by atoms with E-state index in [4.69, 9.17) is 9.97 Å². The highest BCUT2D eigenvalue weighted by molar-refractivity contribution is 5.80. The third-order valence-corrected chi connectivity index (χ3v) is 4.62. The molecule has 0 spiro atoms. The molecule has 0 bridgehead atoms. The van der Waals surface area contributed by atoms with E-state index >= 15 is 0 Å². The van der Waals surface area contributed by atoms with Gasteiger partial charge in [0.1, 0.15) is 0 Å².